The molecule has 0 unspecified atom stereocenters. The summed E-state index contributed by atoms with van der Waals surface area (Å²) in [5.74, 6) is -2.27. The molecule has 9 nitrogen and oxygen atoms in total. The molecule has 0 fully saturated rings. The van der Waals surface area contributed by atoms with Crippen LogP contribution in [-0.2, 0) is 17.3 Å². The number of alkyl halides is 3. The second-order valence-electron chi connectivity index (χ2n) is 8.52. The first-order valence-electron chi connectivity index (χ1n) is 12.1. The zero-order valence-electron chi connectivity index (χ0n) is 21.3. The number of thiazole rings is 1. The fourth-order valence-corrected chi connectivity index (χ4v) is 4.86. The number of fused-ring (bicyclic) bond motifs is 1. The lowest BCUT2D eigenvalue weighted by Gasteiger charge is -2.11. The number of nitrogens with one attached hydrogen (secondary N) is 2. The molecule has 0 saturated heterocycles. The number of hydrogen-bond donors (Lipinski definition) is 2. The summed E-state index contributed by atoms with van der Waals surface area (Å²) in [4.78, 5) is 55.9. The number of rotatable bonds is 8. The summed E-state index contributed by atoms with van der Waals surface area (Å²) in [7, 11) is 0. The van der Waals surface area contributed by atoms with Crippen molar-refractivity contribution in [1.82, 2.24) is 9.38 Å². The molecule has 2 amide bonds. The standard InChI is InChI=1S/C27H23F3N4O5S/c1-3-6-18-14-20(35)34-21(23(36)32-19-8-5-7-16(13-19)27(28,29)30)22(40-26(34)33-18)24(37)31-17-11-9-15(10-12-17)25(38)39-4-2/h5,7-14H,3-4,6H2,1-2H3,(H,31,37)(H,32,36). The van der Waals surface area contributed by atoms with E-state index in [0.717, 1.165) is 33.9 Å². The summed E-state index contributed by atoms with van der Waals surface area (Å²) in [6.07, 6.45) is -3.45. The predicted molar refractivity (Wildman–Crippen MR) is 143 cm³/mol. The highest BCUT2D eigenvalue weighted by atomic mass is 32.1. The molecular weight excluding hydrogens is 549 g/mol. The molecular formula is C27H23F3N4O5S. The molecule has 2 aromatic heterocycles. The molecule has 2 heterocycles. The number of ether oxygens (including phenoxy) is 1. The summed E-state index contributed by atoms with van der Waals surface area (Å²) >= 11 is 0.791. The fourth-order valence-electron chi connectivity index (χ4n) is 3.82. The maximum atomic E-state index is 13.4. The third-order valence-electron chi connectivity index (χ3n) is 5.60. The van der Waals surface area contributed by atoms with Gasteiger partial charge in [0, 0.05) is 23.1 Å². The lowest BCUT2D eigenvalue weighted by atomic mass is 10.2. The van der Waals surface area contributed by atoms with Gasteiger partial charge in [0.25, 0.3) is 17.4 Å². The minimum Gasteiger partial charge on any atom is -0.462 e. The van der Waals surface area contributed by atoms with Gasteiger partial charge in [-0.15, -0.1) is 0 Å². The summed E-state index contributed by atoms with van der Waals surface area (Å²) in [6, 6.07) is 11.1. The van der Waals surface area contributed by atoms with Crippen molar-refractivity contribution in [3.8, 4) is 0 Å². The summed E-state index contributed by atoms with van der Waals surface area (Å²) < 4.78 is 45.4. The molecule has 13 heteroatoms. The van der Waals surface area contributed by atoms with Crippen LogP contribution in [0.3, 0.4) is 0 Å². The molecule has 2 N–H and O–H groups in total. The van der Waals surface area contributed by atoms with E-state index in [1.807, 2.05) is 6.92 Å². The molecule has 208 valence electrons. The molecule has 0 aliphatic heterocycles. The summed E-state index contributed by atoms with van der Waals surface area (Å²) in [5.41, 5.74) is -1.12. The molecule has 0 aliphatic carbocycles. The predicted octanol–water partition coefficient (Wildman–Crippen LogP) is 5.41. The Bertz CT molecular complexity index is 1640. The summed E-state index contributed by atoms with van der Waals surface area (Å²) in [6.45, 7) is 3.77. The lowest BCUT2D eigenvalue weighted by Crippen LogP contribution is -2.25. The highest BCUT2D eigenvalue weighted by molar-refractivity contribution is 7.19. The van der Waals surface area contributed by atoms with Crippen molar-refractivity contribution in [2.45, 2.75) is 32.9 Å². The Morgan fingerprint density at radius 2 is 1.68 bits per heavy atom. The number of esters is 1. The first-order valence-corrected chi connectivity index (χ1v) is 13.0. The number of hydrogen-bond acceptors (Lipinski definition) is 7. The van der Waals surface area contributed by atoms with Gasteiger partial charge < -0.3 is 15.4 Å². The third-order valence-corrected chi connectivity index (χ3v) is 6.64. The molecule has 0 atom stereocenters. The molecule has 0 bridgehead atoms. The minimum absolute atomic E-state index is 0.0768. The molecule has 0 aliphatic rings. The van der Waals surface area contributed by atoms with Gasteiger partial charge in [0.2, 0.25) is 0 Å². The Balaban J connectivity index is 1.73. The van der Waals surface area contributed by atoms with Crippen molar-refractivity contribution in [2.24, 2.45) is 0 Å². The number of aromatic nitrogens is 2. The van der Waals surface area contributed by atoms with Crippen molar-refractivity contribution >= 4 is 45.5 Å². The quantitative estimate of drug-likeness (QED) is 0.273. The van der Waals surface area contributed by atoms with Gasteiger partial charge in [0.05, 0.1) is 17.7 Å². The second-order valence-corrected chi connectivity index (χ2v) is 9.50. The van der Waals surface area contributed by atoms with Crippen molar-refractivity contribution < 1.29 is 32.3 Å². The van der Waals surface area contributed by atoms with Crippen molar-refractivity contribution in [2.75, 3.05) is 17.2 Å². The smallest absolute Gasteiger partial charge is 0.416 e. The van der Waals surface area contributed by atoms with Crippen LogP contribution in [0.1, 0.15) is 62.0 Å². The number of aryl methyl sites for hydroxylation is 1. The Morgan fingerprint density at radius 3 is 2.33 bits per heavy atom. The van der Waals surface area contributed by atoms with Gasteiger partial charge >= 0.3 is 12.1 Å². The fraction of sp³-hybridized carbons (Fsp3) is 0.222. The van der Waals surface area contributed by atoms with Gasteiger partial charge in [-0.1, -0.05) is 30.7 Å². The Labute approximate surface area is 229 Å². The van der Waals surface area contributed by atoms with Gasteiger partial charge in [-0.05, 0) is 55.8 Å². The molecule has 2 aromatic carbocycles. The van der Waals surface area contributed by atoms with Crippen molar-refractivity contribution in [3.05, 3.63) is 92.3 Å². The first-order chi connectivity index (χ1) is 19.0. The normalized spacial score (nSPS) is 11.3. The Hall–Kier alpha value is -4.52. The van der Waals surface area contributed by atoms with E-state index in [1.54, 1.807) is 6.92 Å². The number of carbonyl (C=O) groups excluding carboxylic acids is 3. The molecule has 0 radical (unpaired) electrons. The average Bonchev–Trinajstić information content (AvgIpc) is 3.30. The maximum Gasteiger partial charge on any atom is 0.416 e. The zero-order valence-corrected chi connectivity index (χ0v) is 22.1. The molecule has 0 spiro atoms. The van der Waals surface area contributed by atoms with Crippen LogP contribution in [0.4, 0.5) is 24.5 Å². The number of amides is 2. The topological polar surface area (TPSA) is 119 Å². The van der Waals surface area contributed by atoms with Gasteiger partial charge in [-0.3, -0.25) is 14.4 Å². The van der Waals surface area contributed by atoms with Crippen LogP contribution in [0.2, 0.25) is 0 Å². The zero-order chi connectivity index (χ0) is 29.0. The van der Waals surface area contributed by atoms with E-state index in [2.05, 4.69) is 15.6 Å². The van der Waals surface area contributed by atoms with Crippen molar-refractivity contribution in [3.63, 3.8) is 0 Å². The highest BCUT2D eigenvalue weighted by Gasteiger charge is 2.31. The number of benzene rings is 2. The molecule has 4 rings (SSSR count). The van der Waals surface area contributed by atoms with Crippen LogP contribution in [0.25, 0.3) is 4.96 Å². The SMILES string of the molecule is CCCc1cc(=O)n2c(C(=O)Nc3cccc(C(F)(F)F)c3)c(C(=O)Nc3ccc(C(=O)OCC)cc3)sc2n1. The number of halogens is 3. The van der Waals surface area contributed by atoms with E-state index in [-0.39, 0.29) is 39.1 Å². The van der Waals surface area contributed by atoms with E-state index < -0.39 is 35.1 Å². The highest BCUT2D eigenvalue weighted by Crippen LogP contribution is 2.31. The Kier molecular flexibility index (Phi) is 8.33. The van der Waals surface area contributed by atoms with E-state index in [4.69, 9.17) is 4.74 Å². The summed E-state index contributed by atoms with van der Waals surface area (Å²) in [5, 5.41) is 4.97. The van der Waals surface area contributed by atoms with Crippen LogP contribution in [0, 0.1) is 0 Å². The third kappa shape index (κ3) is 6.20. The van der Waals surface area contributed by atoms with Crippen LogP contribution in [-0.4, -0.2) is 33.8 Å². The number of nitrogens with zero attached hydrogens (tertiary/aromatic N) is 2. The van der Waals surface area contributed by atoms with E-state index in [0.29, 0.717) is 18.5 Å². The van der Waals surface area contributed by atoms with E-state index >= 15 is 0 Å². The van der Waals surface area contributed by atoms with Gasteiger partial charge in [-0.25, -0.2) is 14.2 Å². The monoisotopic (exact) mass is 572 g/mol. The largest absolute Gasteiger partial charge is 0.462 e. The molecule has 40 heavy (non-hydrogen) atoms. The van der Waals surface area contributed by atoms with Gasteiger partial charge in [0.1, 0.15) is 10.6 Å². The number of carbonyl (C=O) groups is 3. The van der Waals surface area contributed by atoms with Crippen LogP contribution >= 0.6 is 11.3 Å². The Morgan fingerprint density at radius 1 is 0.975 bits per heavy atom. The van der Waals surface area contributed by atoms with E-state index in [1.165, 1.54) is 36.4 Å². The first kappa shape index (κ1) is 28.5. The number of anilines is 2. The second kappa shape index (κ2) is 11.7. The lowest BCUT2D eigenvalue weighted by molar-refractivity contribution is -0.137. The molecule has 0 saturated carbocycles. The van der Waals surface area contributed by atoms with Crippen LogP contribution < -0.4 is 16.2 Å². The van der Waals surface area contributed by atoms with Gasteiger partial charge in [-0.2, -0.15) is 13.2 Å². The van der Waals surface area contributed by atoms with Crippen LogP contribution in [0.15, 0.2) is 59.4 Å². The minimum atomic E-state index is -4.64. The average molecular weight is 573 g/mol. The molecule has 4 aromatic rings. The van der Waals surface area contributed by atoms with Crippen molar-refractivity contribution in [1.29, 1.82) is 0 Å². The van der Waals surface area contributed by atoms with E-state index in [9.17, 15) is 32.3 Å². The van der Waals surface area contributed by atoms with Gasteiger partial charge in [0.15, 0.2) is 4.96 Å². The van der Waals surface area contributed by atoms with Crippen LogP contribution in [0.5, 0.6) is 0 Å². The maximum absolute atomic E-state index is 13.4.